The molecule has 0 radical (unpaired) electrons. The summed E-state index contributed by atoms with van der Waals surface area (Å²) >= 11 is 0. The first-order valence-electron chi connectivity index (χ1n) is 8.14. The highest BCUT2D eigenvalue weighted by Crippen LogP contribution is 2.22. The molecule has 0 aromatic carbocycles. The van der Waals surface area contributed by atoms with Gasteiger partial charge < -0.3 is 14.8 Å². The number of hydrogen-bond donors (Lipinski definition) is 1. The summed E-state index contributed by atoms with van der Waals surface area (Å²) in [5.74, 6) is -0.0397. The van der Waals surface area contributed by atoms with Crippen LogP contribution < -0.4 is 5.32 Å². The molecule has 3 rings (SSSR count). The van der Waals surface area contributed by atoms with E-state index in [0.29, 0.717) is 26.1 Å². The minimum absolute atomic E-state index is 0.0787. The number of hydrogen-bond acceptors (Lipinski definition) is 4. The van der Waals surface area contributed by atoms with Crippen LogP contribution in [-0.4, -0.2) is 37.8 Å². The molecule has 2 aromatic rings. The Morgan fingerprint density at radius 1 is 1.33 bits per heavy atom. The second-order valence-corrected chi connectivity index (χ2v) is 5.91. The molecule has 3 heterocycles. The number of nitrogens with one attached hydrogen (secondary N) is 1. The van der Waals surface area contributed by atoms with Gasteiger partial charge in [-0.1, -0.05) is 13.0 Å². The van der Waals surface area contributed by atoms with Crippen LogP contribution in [0.5, 0.6) is 0 Å². The molecule has 7 heteroatoms. The van der Waals surface area contributed by atoms with Gasteiger partial charge in [-0.05, 0) is 18.1 Å². The zero-order chi connectivity index (χ0) is 16.9. The van der Waals surface area contributed by atoms with Crippen LogP contribution in [0.25, 0.3) is 0 Å². The lowest BCUT2D eigenvalue weighted by molar-refractivity contribution is -0.135. The maximum Gasteiger partial charge on any atom is 0.245 e. The van der Waals surface area contributed by atoms with E-state index in [1.807, 2.05) is 23.6 Å². The van der Waals surface area contributed by atoms with E-state index in [4.69, 9.17) is 0 Å². The molecular weight excluding hydrogens is 306 g/mol. The highest BCUT2D eigenvalue weighted by Gasteiger charge is 2.31. The van der Waals surface area contributed by atoms with Gasteiger partial charge in [-0.3, -0.25) is 14.6 Å². The van der Waals surface area contributed by atoms with E-state index in [2.05, 4.69) is 15.3 Å². The minimum Gasteiger partial charge on any atom is -0.350 e. The number of nitrogens with zero attached hydrogens (tertiary/aromatic N) is 4. The van der Waals surface area contributed by atoms with Crippen molar-refractivity contribution in [3.8, 4) is 0 Å². The third kappa shape index (κ3) is 3.45. The molecule has 1 aliphatic heterocycles. The molecule has 24 heavy (non-hydrogen) atoms. The molecule has 0 bridgehead atoms. The number of pyridine rings is 1. The van der Waals surface area contributed by atoms with Gasteiger partial charge >= 0.3 is 0 Å². The predicted octanol–water partition coefficient (Wildman–Crippen LogP) is 1.28. The molecule has 0 spiro atoms. The lowest BCUT2D eigenvalue weighted by Crippen LogP contribution is -2.46. The second-order valence-electron chi connectivity index (χ2n) is 5.91. The molecule has 1 aliphatic rings. The van der Waals surface area contributed by atoms with Gasteiger partial charge in [0.2, 0.25) is 11.8 Å². The van der Waals surface area contributed by atoms with Gasteiger partial charge in [0.25, 0.3) is 0 Å². The Labute approximate surface area is 140 Å². The fourth-order valence-corrected chi connectivity index (χ4v) is 2.87. The molecule has 0 saturated carbocycles. The number of rotatable bonds is 5. The lowest BCUT2D eigenvalue weighted by atomic mass is 10.1. The summed E-state index contributed by atoms with van der Waals surface area (Å²) in [6.07, 6.45) is 8.09. The van der Waals surface area contributed by atoms with E-state index in [9.17, 15) is 9.59 Å². The Balaban J connectivity index is 1.71. The molecule has 1 N–H and O–H groups in total. The summed E-state index contributed by atoms with van der Waals surface area (Å²) in [5, 5.41) is 2.93. The van der Waals surface area contributed by atoms with Crippen LogP contribution >= 0.6 is 0 Å². The van der Waals surface area contributed by atoms with Gasteiger partial charge in [-0.25, -0.2) is 4.98 Å². The minimum atomic E-state index is -0.450. The van der Waals surface area contributed by atoms with Crippen molar-refractivity contribution in [1.82, 2.24) is 24.8 Å². The van der Waals surface area contributed by atoms with E-state index in [1.54, 1.807) is 29.8 Å². The van der Waals surface area contributed by atoms with Crippen molar-refractivity contribution in [3.05, 3.63) is 48.3 Å². The first kappa shape index (κ1) is 16.2. The standard InChI is InChI=1S/C17H21N5O2/c1-2-4-16(23)21-10-14-9-19-12-22(14)15(11-21)17(24)20-8-13-5-3-6-18-7-13/h3,5-7,9,12,15H,2,4,8,10-11H2,1H3,(H,20,24)/t15-/m0/s1. The molecule has 0 fully saturated rings. The second kappa shape index (κ2) is 7.25. The first-order valence-corrected chi connectivity index (χ1v) is 8.14. The highest BCUT2D eigenvalue weighted by atomic mass is 16.2. The fourth-order valence-electron chi connectivity index (χ4n) is 2.87. The van der Waals surface area contributed by atoms with Gasteiger partial charge in [-0.15, -0.1) is 0 Å². The highest BCUT2D eigenvalue weighted by molar-refractivity contribution is 5.82. The molecule has 0 aliphatic carbocycles. The summed E-state index contributed by atoms with van der Waals surface area (Å²) in [7, 11) is 0. The maximum absolute atomic E-state index is 12.6. The SMILES string of the molecule is CCCC(=O)N1Cc2cncn2[C@H](C(=O)NCc2cccnc2)C1. The number of imidazole rings is 1. The zero-order valence-corrected chi connectivity index (χ0v) is 13.7. The normalized spacial score (nSPS) is 16.5. The van der Waals surface area contributed by atoms with Crippen LogP contribution in [0.1, 0.15) is 37.1 Å². The summed E-state index contributed by atoms with van der Waals surface area (Å²) in [6, 6.07) is 3.29. The number of carbonyl (C=O) groups is 2. The topological polar surface area (TPSA) is 80.1 Å². The Morgan fingerprint density at radius 3 is 2.96 bits per heavy atom. The fraction of sp³-hybridized carbons (Fsp3) is 0.412. The van der Waals surface area contributed by atoms with Crippen LogP contribution in [0.15, 0.2) is 37.1 Å². The van der Waals surface area contributed by atoms with Crippen molar-refractivity contribution in [1.29, 1.82) is 0 Å². The van der Waals surface area contributed by atoms with E-state index in [1.165, 1.54) is 0 Å². The van der Waals surface area contributed by atoms with Crippen LogP contribution in [0.3, 0.4) is 0 Å². The van der Waals surface area contributed by atoms with Gasteiger partial charge in [0.15, 0.2) is 0 Å². The summed E-state index contributed by atoms with van der Waals surface area (Å²) < 4.78 is 1.86. The van der Waals surface area contributed by atoms with Gasteiger partial charge in [0.1, 0.15) is 6.04 Å². The monoisotopic (exact) mass is 327 g/mol. The Bertz CT molecular complexity index is 713. The van der Waals surface area contributed by atoms with Crippen molar-refractivity contribution >= 4 is 11.8 Å². The summed E-state index contributed by atoms with van der Waals surface area (Å²) in [5.41, 5.74) is 1.82. The Hall–Kier alpha value is -2.70. The van der Waals surface area contributed by atoms with E-state index in [-0.39, 0.29) is 11.8 Å². The van der Waals surface area contributed by atoms with Crippen molar-refractivity contribution in [2.75, 3.05) is 6.54 Å². The van der Waals surface area contributed by atoms with E-state index < -0.39 is 6.04 Å². The third-order valence-corrected chi connectivity index (χ3v) is 4.14. The summed E-state index contributed by atoms with van der Waals surface area (Å²) in [6.45, 7) is 3.27. The summed E-state index contributed by atoms with van der Waals surface area (Å²) in [4.78, 5) is 34.8. The average molecular weight is 327 g/mol. The average Bonchev–Trinajstić information content (AvgIpc) is 3.08. The van der Waals surface area contributed by atoms with Gasteiger partial charge in [-0.2, -0.15) is 0 Å². The molecule has 1 atom stereocenters. The number of amides is 2. The lowest BCUT2D eigenvalue weighted by Gasteiger charge is -2.33. The molecular formula is C17H21N5O2. The number of carbonyl (C=O) groups excluding carboxylic acids is 2. The molecule has 7 nitrogen and oxygen atoms in total. The first-order chi connectivity index (χ1) is 11.7. The van der Waals surface area contributed by atoms with Crippen LogP contribution in [0.4, 0.5) is 0 Å². The van der Waals surface area contributed by atoms with Crippen molar-refractivity contribution in [3.63, 3.8) is 0 Å². The van der Waals surface area contributed by atoms with Gasteiger partial charge in [0.05, 0.1) is 25.1 Å². The zero-order valence-electron chi connectivity index (χ0n) is 13.7. The van der Waals surface area contributed by atoms with Crippen molar-refractivity contribution in [2.24, 2.45) is 0 Å². The van der Waals surface area contributed by atoms with Gasteiger partial charge in [0, 0.05) is 31.6 Å². The molecule has 0 unspecified atom stereocenters. The van der Waals surface area contributed by atoms with Crippen LogP contribution in [0, 0.1) is 0 Å². The predicted molar refractivity (Wildman–Crippen MR) is 87.7 cm³/mol. The van der Waals surface area contributed by atoms with E-state index >= 15 is 0 Å². The number of fused-ring (bicyclic) bond motifs is 1. The Morgan fingerprint density at radius 2 is 2.21 bits per heavy atom. The van der Waals surface area contributed by atoms with Crippen molar-refractivity contribution < 1.29 is 9.59 Å². The van der Waals surface area contributed by atoms with Crippen LogP contribution in [-0.2, 0) is 22.7 Å². The maximum atomic E-state index is 12.6. The number of aromatic nitrogens is 3. The van der Waals surface area contributed by atoms with Crippen molar-refractivity contribution in [2.45, 2.75) is 38.9 Å². The van der Waals surface area contributed by atoms with Crippen LogP contribution in [0.2, 0.25) is 0 Å². The molecule has 126 valence electrons. The smallest absolute Gasteiger partial charge is 0.245 e. The Kier molecular flexibility index (Phi) is 4.88. The largest absolute Gasteiger partial charge is 0.350 e. The quantitative estimate of drug-likeness (QED) is 0.897. The molecule has 2 aromatic heterocycles. The third-order valence-electron chi connectivity index (χ3n) is 4.14. The molecule has 0 saturated heterocycles. The van der Waals surface area contributed by atoms with E-state index in [0.717, 1.165) is 17.7 Å². The molecule has 2 amide bonds.